The van der Waals surface area contributed by atoms with Crippen molar-refractivity contribution in [2.45, 2.75) is 13.8 Å². The van der Waals surface area contributed by atoms with Crippen LogP contribution in [-0.4, -0.2) is 15.1 Å². The molecule has 0 saturated carbocycles. The summed E-state index contributed by atoms with van der Waals surface area (Å²) in [4.78, 5) is 10.2. The van der Waals surface area contributed by atoms with Gasteiger partial charge in [0.15, 0.2) is 10.2 Å². The largest absolute Gasteiger partial charge is 0.331 e. The quantitative estimate of drug-likeness (QED) is 0.369. The van der Waals surface area contributed by atoms with Crippen molar-refractivity contribution in [1.29, 1.82) is 0 Å². The summed E-state index contributed by atoms with van der Waals surface area (Å²) < 4.78 is 0. The second kappa shape index (κ2) is 8.36. The number of nitro groups is 1. The van der Waals surface area contributed by atoms with Gasteiger partial charge in [-0.2, -0.15) is 0 Å². The molecule has 0 spiro atoms. The fraction of sp³-hybridized carbons (Fsp3) is 0.125. The van der Waals surface area contributed by atoms with Gasteiger partial charge in [0.05, 0.1) is 4.92 Å². The van der Waals surface area contributed by atoms with E-state index in [2.05, 4.69) is 27.6 Å². The van der Waals surface area contributed by atoms with Crippen molar-refractivity contribution in [3.05, 3.63) is 63.7 Å². The highest BCUT2D eigenvalue weighted by atomic mass is 32.1. The Hall–Kier alpha value is -2.78. The molecule has 2 aromatic carbocycles. The van der Waals surface area contributed by atoms with E-state index in [-0.39, 0.29) is 10.8 Å². The molecule has 4 N–H and O–H groups in total. The number of non-ortho nitro benzene ring substituents is 1. The molecule has 0 bridgehead atoms. The fourth-order valence-corrected chi connectivity index (χ4v) is 2.38. The molecule has 0 fully saturated rings. The van der Waals surface area contributed by atoms with Crippen LogP contribution >= 0.6 is 24.4 Å². The second-order valence-electron chi connectivity index (χ2n) is 5.28. The number of benzene rings is 2. The van der Waals surface area contributed by atoms with Crippen molar-refractivity contribution >= 4 is 51.7 Å². The topological polar surface area (TPSA) is 91.3 Å². The van der Waals surface area contributed by atoms with Crippen molar-refractivity contribution in [1.82, 2.24) is 10.9 Å². The SMILES string of the molecule is Cc1ccc(NC(=S)NNC(=S)Nc2ccc([N+](=O)[O-])cc2)c(C)c1. The van der Waals surface area contributed by atoms with Crippen molar-refractivity contribution < 1.29 is 4.92 Å². The van der Waals surface area contributed by atoms with Crippen molar-refractivity contribution in [3.63, 3.8) is 0 Å². The van der Waals surface area contributed by atoms with Crippen LogP contribution in [0, 0.1) is 24.0 Å². The highest BCUT2D eigenvalue weighted by Crippen LogP contribution is 2.16. The first-order valence-electron chi connectivity index (χ1n) is 7.31. The molecule has 0 aliphatic rings. The molecular formula is C16H17N5O2S2. The Morgan fingerprint density at radius 1 is 0.960 bits per heavy atom. The van der Waals surface area contributed by atoms with E-state index in [4.69, 9.17) is 24.4 Å². The van der Waals surface area contributed by atoms with Crippen molar-refractivity contribution in [3.8, 4) is 0 Å². The van der Waals surface area contributed by atoms with Crippen LogP contribution in [-0.2, 0) is 0 Å². The van der Waals surface area contributed by atoms with Gasteiger partial charge in [-0.3, -0.25) is 21.0 Å². The Balaban J connectivity index is 1.82. The van der Waals surface area contributed by atoms with Gasteiger partial charge in [-0.05, 0) is 62.0 Å². The van der Waals surface area contributed by atoms with E-state index in [1.165, 1.54) is 17.7 Å². The molecule has 2 aromatic rings. The molecule has 0 atom stereocenters. The summed E-state index contributed by atoms with van der Waals surface area (Å²) in [6.07, 6.45) is 0. The first-order chi connectivity index (χ1) is 11.8. The Kier molecular flexibility index (Phi) is 6.20. The number of nitro benzene ring substituents is 1. The van der Waals surface area contributed by atoms with Crippen molar-refractivity contribution in [2.24, 2.45) is 0 Å². The molecule has 130 valence electrons. The maximum atomic E-state index is 10.6. The monoisotopic (exact) mass is 375 g/mol. The zero-order chi connectivity index (χ0) is 18.4. The third-order valence-electron chi connectivity index (χ3n) is 3.26. The maximum Gasteiger partial charge on any atom is 0.269 e. The molecule has 0 heterocycles. The van der Waals surface area contributed by atoms with E-state index in [9.17, 15) is 10.1 Å². The average Bonchev–Trinajstić information content (AvgIpc) is 2.56. The van der Waals surface area contributed by atoms with E-state index < -0.39 is 4.92 Å². The van der Waals surface area contributed by atoms with Crippen LogP contribution in [0.3, 0.4) is 0 Å². The van der Waals surface area contributed by atoms with E-state index >= 15 is 0 Å². The lowest BCUT2D eigenvalue weighted by Gasteiger charge is -2.15. The number of aryl methyl sites for hydroxylation is 2. The first kappa shape index (κ1) is 18.6. The Morgan fingerprint density at radius 3 is 2.12 bits per heavy atom. The maximum absolute atomic E-state index is 10.6. The van der Waals surface area contributed by atoms with Gasteiger partial charge in [-0.25, -0.2) is 0 Å². The van der Waals surface area contributed by atoms with Crippen LogP contribution in [0.2, 0.25) is 0 Å². The van der Waals surface area contributed by atoms with Gasteiger partial charge < -0.3 is 10.6 Å². The normalized spacial score (nSPS) is 9.84. The van der Waals surface area contributed by atoms with Gasteiger partial charge in [-0.1, -0.05) is 17.7 Å². The lowest BCUT2D eigenvalue weighted by Crippen LogP contribution is -2.45. The summed E-state index contributed by atoms with van der Waals surface area (Å²) in [7, 11) is 0. The van der Waals surface area contributed by atoms with E-state index in [0.29, 0.717) is 10.8 Å². The molecular weight excluding hydrogens is 358 g/mol. The predicted molar refractivity (Wildman–Crippen MR) is 108 cm³/mol. The molecule has 2 rings (SSSR count). The molecule has 0 saturated heterocycles. The molecule has 0 amide bonds. The number of rotatable bonds is 3. The molecule has 0 unspecified atom stereocenters. The molecule has 9 heteroatoms. The Bertz CT molecular complexity index is 809. The number of hydrazine groups is 1. The van der Waals surface area contributed by atoms with Gasteiger partial charge in [0.25, 0.3) is 5.69 Å². The van der Waals surface area contributed by atoms with Crippen LogP contribution in [0.4, 0.5) is 17.1 Å². The fourth-order valence-electron chi connectivity index (χ4n) is 2.05. The Morgan fingerprint density at radius 2 is 1.56 bits per heavy atom. The summed E-state index contributed by atoms with van der Waals surface area (Å²) in [6, 6.07) is 11.9. The predicted octanol–water partition coefficient (Wildman–Crippen LogP) is 3.40. The molecule has 0 aliphatic carbocycles. The second-order valence-corrected chi connectivity index (χ2v) is 6.10. The van der Waals surface area contributed by atoms with E-state index in [1.807, 2.05) is 26.0 Å². The number of nitrogens with zero attached hydrogens (tertiary/aromatic N) is 1. The highest BCUT2D eigenvalue weighted by Gasteiger charge is 2.05. The smallest absolute Gasteiger partial charge is 0.269 e. The molecule has 0 aromatic heterocycles. The average molecular weight is 375 g/mol. The summed E-state index contributed by atoms with van der Waals surface area (Å²) in [5, 5.41) is 17.2. The number of hydrogen-bond acceptors (Lipinski definition) is 4. The van der Waals surface area contributed by atoms with Gasteiger partial charge in [0.2, 0.25) is 0 Å². The van der Waals surface area contributed by atoms with Crippen LogP contribution in [0.1, 0.15) is 11.1 Å². The lowest BCUT2D eigenvalue weighted by molar-refractivity contribution is -0.384. The summed E-state index contributed by atoms with van der Waals surface area (Å²) in [5.74, 6) is 0. The minimum Gasteiger partial charge on any atom is -0.331 e. The molecule has 7 nitrogen and oxygen atoms in total. The van der Waals surface area contributed by atoms with Crippen LogP contribution in [0.5, 0.6) is 0 Å². The highest BCUT2D eigenvalue weighted by molar-refractivity contribution is 7.81. The number of nitrogens with one attached hydrogen (secondary N) is 4. The van der Waals surface area contributed by atoms with Gasteiger partial charge in [0, 0.05) is 23.5 Å². The van der Waals surface area contributed by atoms with Crippen molar-refractivity contribution in [2.75, 3.05) is 10.6 Å². The number of anilines is 2. The summed E-state index contributed by atoms with van der Waals surface area (Å²) in [6.45, 7) is 4.02. The third-order valence-corrected chi connectivity index (χ3v) is 3.66. The van der Waals surface area contributed by atoms with E-state index in [1.54, 1.807) is 12.1 Å². The van der Waals surface area contributed by atoms with Crippen LogP contribution in [0.25, 0.3) is 0 Å². The zero-order valence-electron chi connectivity index (χ0n) is 13.6. The molecule has 0 aliphatic heterocycles. The summed E-state index contributed by atoms with van der Waals surface area (Å²) >= 11 is 10.4. The Labute approximate surface area is 155 Å². The van der Waals surface area contributed by atoms with Crippen LogP contribution in [0.15, 0.2) is 42.5 Å². The molecule has 0 radical (unpaired) electrons. The van der Waals surface area contributed by atoms with Gasteiger partial charge in [0.1, 0.15) is 0 Å². The minimum absolute atomic E-state index is 0.0152. The molecule has 25 heavy (non-hydrogen) atoms. The third kappa shape index (κ3) is 5.66. The number of thiocarbonyl (C=S) groups is 2. The lowest BCUT2D eigenvalue weighted by atomic mass is 10.1. The first-order valence-corrected chi connectivity index (χ1v) is 8.12. The summed E-state index contributed by atoms with van der Waals surface area (Å²) in [5.41, 5.74) is 9.33. The standard InChI is InChI=1S/C16H17N5O2S2/c1-10-3-8-14(11(2)9-10)18-16(25)20-19-15(24)17-12-4-6-13(7-5-12)21(22)23/h3-9H,1-2H3,(H2,17,19,24)(H2,18,20,25). The van der Waals surface area contributed by atoms with Crippen LogP contribution < -0.4 is 21.5 Å². The number of hydrogen-bond donors (Lipinski definition) is 4. The van der Waals surface area contributed by atoms with E-state index in [0.717, 1.165) is 11.3 Å². The van der Waals surface area contributed by atoms with Gasteiger partial charge >= 0.3 is 0 Å². The zero-order valence-corrected chi connectivity index (χ0v) is 15.3. The van der Waals surface area contributed by atoms with Gasteiger partial charge in [-0.15, -0.1) is 0 Å². The minimum atomic E-state index is -0.459.